The second-order valence-electron chi connectivity index (χ2n) is 8.91. The van der Waals surface area contributed by atoms with Gasteiger partial charge in [0.15, 0.2) is 0 Å². The molecule has 2 fully saturated rings. The van der Waals surface area contributed by atoms with Crippen molar-refractivity contribution < 1.29 is 9.53 Å². The lowest BCUT2D eigenvalue weighted by Gasteiger charge is -2.37. The summed E-state index contributed by atoms with van der Waals surface area (Å²) in [7, 11) is 0. The Morgan fingerprint density at radius 3 is 2.18 bits per heavy atom. The topological polar surface area (TPSA) is 36.0 Å². The monoisotopic (exact) mass is 493 g/mol. The minimum Gasteiger partial charge on any atom is -0.489 e. The summed E-state index contributed by atoms with van der Waals surface area (Å²) in [6.45, 7) is 10.6. The Hall–Kier alpha value is -1.95. The molecule has 1 amide bonds. The molecule has 0 aliphatic carbocycles. The molecule has 2 heterocycles. The highest BCUT2D eigenvalue weighted by Crippen LogP contribution is 2.30. The van der Waals surface area contributed by atoms with Gasteiger partial charge in [-0.05, 0) is 56.9 Å². The molecular weight excluding hydrogens is 457 g/mol. The Labute approximate surface area is 210 Å². The van der Waals surface area contributed by atoms with Gasteiger partial charge in [0.1, 0.15) is 5.75 Å². The molecule has 0 spiro atoms. The third kappa shape index (κ3) is 7.02. The highest BCUT2D eigenvalue weighted by molar-refractivity contribution is 5.95. The van der Waals surface area contributed by atoms with E-state index in [4.69, 9.17) is 4.74 Å². The standard InChI is InChI=1S/C26H35N3O2.2ClH/c1-21(2)31-25-13-7-6-12-24(25)28-18-16-27(17-19-28)20-22-10-4-5-11-23(22)26(30)29-14-8-3-9-15-29;;/h4-7,10-13,21H,3,8-9,14-20H2,1-2H3;2*1H. The molecular formula is C26H37Cl2N3O2. The van der Waals surface area contributed by atoms with Crippen molar-refractivity contribution in [3.05, 3.63) is 59.7 Å². The minimum absolute atomic E-state index is 0. The quantitative estimate of drug-likeness (QED) is 0.549. The largest absolute Gasteiger partial charge is 0.489 e. The van der Waals surface area contributed by atoms with Crippen LogP contribution in [0.4, 0.5) is 5.69 Å². The molecule has 2 aromatic rings. The van der Waals surface area contributed by atoms with Gasteiger partial charge >= 0.3 is 0 Å². The van der Waals surface area contributed by atoms with E-state index >= 15 is 0 Å². The molecule has 0 aromatic heterocycles. The lowest BCUT2D eigenvalue weighted by Crippen LogP contribution is -2.46. The number of ether oxygens (including phenoxy) is 1. The first kappa shape index (κ1) is 27.3. The van der Waals surface area contributed by atoms with Crippen molar-refractivity contribution in [3.8, 4) is 5.75 Å². The summed E-state index contributed by atoms with van der Waals surface area (Å²) in [4.78, 5) is 20.0. The Morgan fingerprint density at radius 1 is 0.848 bits per heavy atom. The van der Waals surface area contributed by atoms with E-state index in [-0.39, 0.29) is 36.8 Å². The van der Waals surface area contributed by atoms with E-state index in [9.17, 15) is 4.79 Å². The summed E-state index contributed by atoms with van der Waals surface area (Å²) in [5.74, 6) is 1.16. The van der Waals surface area contributed by atoms with E-state index in [1.165, 1.54) is 12.1 Å². The molecule has 0 N–H and O–H groups in total. The van der Waals surface area contributed by atoms with E-state index in [0.29, 0.717) is 0 Å². The van der Waals surface area contributed by atoms with E-state index in [0.717, 1.165) is 75.5 Å². The molecule has 2 aliphatic heterocycles. The molecule has 0 saturated carbocycles. The fourth-order valence-corrected chi connectivity index (χ4v) is 4.59. The third-order valence-electron chi connectivity index (χ3n) is 6.23. The van der Waals surface area contributed by atoms with Crippen LogP contribution in [-0.4, -0.2) is 61.1 Å². The van der Waals surface area contributed by atoms with Crippen LogP contribution in [0.25, 0.3) is 0 Å². The zero-order valence-corrected chi connectivity index (χ0v) is 21.4. The van der Waals surface area contributed by atoms with Crippen LogP contribution in [-0.2, 0) is 6.54 Å². The van der Waals surface area contributed by atoms with Gasteiger partial charge in [0, 0.05) is 51.4 Å². The van der Waals surface area contributed by atoms with Crippen molar-refractivity contribution in [2.45, 2.75) is 45.8 Å². The highest BCUT2D eigenvalue weighted by Gasteiger charge is 2.24. The van der Waals surface area contributed by atoms with Gasteiger partial charge in [-0.2, -0.15) is 0 Å². The number of nitrogens with zero attached hydrogens (tertiary/aromatic N) is 3. The normalized spacial score (nSPS) is 16.7. The molecule has 2 aliphatic rings. The van der Waals surface area contributed by atoms with Crippen molar-refractivity contribution in [1.82, 2.24) is 9.80 Å². The van der Waals surface area contributed by atoms with E-state index in [1.807, 2.05) is 23.1 Å². The van der Waals surface area contributed by atoms with Gasteiger partial charge in [0.25, 0.3) is 5.91 Å². The first-order valence-electron chi connectivity index (χ1n) is 11.7. The summed E-state index contributed by atoms with van der Waals surface area (Å²) in [6.07, 6.45) is 3.65. The number of halogens is 2. The van der Waals surface area contributed by atoms with Crippen LogP contribution in [0.1, 0.15) is 49.0 Å². The average molecular weight is 495 g/mol. The molecule has 0 atom stereocenters. The fraction of sp³-hybridized carbons (Fsp3) is 0.500. The summed E-state index contributed by atoms with van der Waals surface area (Å²) < 4.78 is 6.02. The average Bonchev–Trinajstić information content (AvgIpc) is 2.80. The maximum absolute atomic E-state index is 13.1. The maximum atomic E-state index is 13.1. The minimum atomic E-state index is 0. The van der Waals surface area contributed by atoms with Crippen molar-refractivity contribution in [1.29, 1.82) is 0 Å². The van der Waals surface area contributed by atoms with Crippen LogP contribution in [0, 0.1) is 0 Å². The molecule has 2 aromatic carbocycles. The van der Waals surface area contributed by atoms with Crippen molar-refractivity contribution in [2.75, 3.05) is 44.2 Å². The number of benzene rings is 2. The number of piperidine rings is 1. The predicted molar refractivity (Wildman–Crippen MR) is 140 cm³/mol. The van der Waals surface area contributed by atoms with E-state index in [1.54, 1.807) is 0 Å². The summed E-state index contributed by atoms with van der Waals surface area (Å²) >= 11 is 0. The Morgan fingerprint density at radius 2 is 1.48 bits per heavy atom. The van der Waals surface area contributed by atoms with Gasteiger partial charge in [-0.25, -0.2) is 0 Å². The number of piperazine rings is 1. The first-order chi connectivity index (χ1) is 15.1. The lowest BCUT2D eigenvalue weighted by molar-refractivity contribution is 0.0722. The number of likely N-dealkylation sites (tertiary alicyclic amines) is 1. The number of para-hydroxylation sites is 2. The number of carbonyl (C=O) groups excluding carboxylic acids is 1. The second-order valence-corrected chi connectivity index (χ2v) is 8.91. The summed E-state index contributed by atoms with van der Waals surface area (Å²) in [5.41, 5.74) is 3.20. The molecule has 4 rings (SSSR count). The zero-order chi connectivity index (χ0) is 21.6. The van der Waals surface area contributed by atoms with Crippen LogP contribution >= 0.6 is 24.8 Å². The van der Waals surface area contributed by atoms with Gasteiger partial charge in [0.05, 0.1) is 11.8 Å². The van der Waals surface area contributed by atoms with Gasteiger partial charge in [0.2, 0.25) is 0 Å². The van der Waals surface area contributed by atoms with Crippen LogP contribution in [0.5, 0.6) is 5.75 Å². The number of hydrogen-bond acceptors (Lipinski definition) is 4. The zero-order valence-electron chi connectivity index (χ0n) is 19.7. The molecule has 5 nitrogen and oxygen atoms in total. The van der Waals surface area contributed by atoms with E-state index < -0.39 is 0 Å². The number of anilines is 1. The SMILES string of the molecule is CC(C)Oc1ccccc1N1CCN(Cc2ccccc2C(=O)N2CCCCC2)CC1.Cl.Cl. The number of amides is 1. The fourth-order valence-electron chi connectivity index (χ4n) is 4.59. The second kappa shape index (κ2) is 13.1. The van der Waals surface area contributed by atoms with Crippen LogP contribution in [0.2, 0.25) is 0 Å². The van der Waals surface area contributed by atoms with Crippen LogP contribution in [0.3, 0.4) is 0 Å². The Kier molecular flexibility index (Phi) is 10.8. The summed E-state index contributed by atoms with van der Waals surface area (Å²) in [6, 6.07) is 16.5. The number of hydrogen-bond donors (Lipinski definition) is 0. The predicted octanol–water partition coefficient (Wildman–Crippen LogP) is 5.27. The molecule has 182 valence electrons. The van der Waals surface area contributed by atoms with Crippen molar-refractivity contribution >= 4 is 36.4 Å². The number of rotatable bonds is 6. The molecule has 0 bridgehead atoms. The van der Waals surface area contributed by atoms with Gasteiger partial charge in [-0.1, -0.05) is 30.3 Å². The molecule has 0 unspecified atom stereocenters. The molecule has 2 saturated heterocycles. The molecule has 0 radical (unpaired) electrons. The Bertz CT molecular complexity index is 879. The van der Waals surface area contributed by atoms with Crippen molar-refractivity contribution in [3.63, 3.8) is 0 Å². The maximum Gasteiger partial charge on any atom is 0.254 e. The highest BCUT2D eigenvalue weighted by atomic mass is 35.5. The van der Waals surface area contributed by atoms with Crippen molar-refractivity contribution in [2.24, 2.45) is 0 Å². The van der Waals surface area contributed by atoms with Gasteiger partial charge in [-0.3, -0.25) is 9.69 Å². The van der Waals surface area contributed by atoms with Gasteiger partial charge in [-0.15, -0.1) is 24.8 Å². The third-order valence-corrected chi connectivity index (χ3v) is 6.23. The van der Waals surface area contributed by atoms with E-state index in [2.05, 4.69) is 54.0 Å². The summed E-state index contributed by atoms with van der Waals surface area (Å²) in [5, 5.41) is 0. The molecule has 33 heavy (non-hydrogen) atoms. The van der Waals surface area contributed by atoms with Gasteiger partial charge < -0.3 is 14.5 Å². The molecule has 7 heteroatoms. The van der Waals surface area contributed by atoms with Crippen LogP contribution < -0.4 is 9.64 Å². The smallest absolute Gasteiger partial charge is 0.254 e. The first-order valence-corrected chi connectivity index (χ1v) is 11.7. The lowest BCUT2D eigenvalue weighted by atomic mass is 10.0. The van der Waals surface area contributed by atoms with Crippen LogP contribution in [0.15, 0.2) is 48.5 Å². The Balaban J connectivity index is 0.00000193. The number of carbonyl (C=O) groups is 1.